The van der Waals surface area contributed by atoms with Gasteiger partial charge in [-0.3, -0.25) is 4.79 Å². The first-order valence-corrected chi connectivity index (χ1v) is 6.86. The van der Waals surface area contributed by atoms with Gasteiger partial charge in [-0.25, -0.2) is 14.5 Å². The fraction of sp³-hybridized carbons (Fsp3) is 0.286. The van der Waals surface area contributed by atoms with Crippen molar-refractivity contribution in [3.63, 3.8) is 0 Å². The number of anilines is 1. The van der Waals surface area contributed by atoms with Gasteiger partial charge in [-0.15, -0.1) is 0 Å². The van der Waals surface area contributed by atoms with Gasteiger partial charge in [0.2, 0.25) is 0 Å². The van der Waals surface area contributed by atoms with Gasteiger partial charge in [0.15, 0.2) is 5.65 Å². The van der Waals surface area contributed by atoms with Crippen LogP contribution in [0.15, 0.2) is 29.5 Å². The molecule has 3 rings (SSSR count). The van der Waals surface area contributed by atoms with Crippen LogP contribution in [0.25, 0.3) is 11.0 Å². The third-order valence-corrected chi connectivity index (χ3v) is 3.31. The molecule has 0 atom stereocenters. The second-order valence-corrected chi connectivity index (χ2v) is 5.36. The number of carbonyl (C=O) groups excluding carboxylic acids is 1. The normalized spacial score (nSPS) is 11.3. The number of carbonyl (C=O) groups is 1. The summed E-state index contributed by atoms with van der Waals surface area (Å²) in [6, 6.07) is 2.01. The maximum atomic E-state index is 12.1. The molecule has 0 aliphatic heterocycles. The van der Waals surface area contributed by atoms with Crippen LogP contribution in [0.3, 0.4) is 0 Å². The Morgan fingerprint density at radius 3 is 2.77 bits per heavy atom. The topological polar surface area (TPSA) is 97.6 Å². The number of hydrogen-bond acceptors (Lipinski definition) is 4. The van der Waals surface area contributed by atoms with Gasteiger partial charge in [0.1, 0.15) is 5.69 Å². The molecule has 0 unspecified atom stereocenters. The summed E-state index contributed by atoms with van der Waals surface area (Å²) in [6.45, 7) is 4.05. The van der Waals surface area contributed by atoms with E-state index in [1.54, 1.807) is 25.5 Å². The van der Waals surface area contributed by atoms with E-state index >= 15 is 0 Å². The van der Waals surface area contributed by atoms with E-state index in [0.29, 0.717) is 5.69 Å². The molecule has 114 valence electrons. The van der Waals surface area contributed by atoms with Crippen molar-refractivity contribution in [3.8, 4) is 0 Å². The molecular weight excluding hydrogens is 284 g/mol. The van der Waals surface area contributed by atoms with E-state index in [1.807, 2.05) is 18.5 Å². The predicted molar refractivity (Wildman–Crippen MR) is 81.9 cm³/mol. The van der Waals surface area contributed by atoms with E-state index in [0.717, 1.165) is 11.0 Å². The van der Waals surface area contributed by atoms with E-state index < -0.39 is 5.91 Å². The third-order valence-electron chi connectivity index (χ3n) is 3.31. The zero-order valence-corrected chi connectivity index (χ0v) is 12.5. The molecule has 8 heteroatoms. The fourth-order valence-electron chi connectivity index (χ4n) is 2.19. The smallest absolute Gasteiger partial charge is 0.319 e. The lowest BCUT2D eigenvalue weighted by atomic mass is 10.3. The second kappa shape index (κ2) is 5.14. The van der Waals surface area contributed by atoms with E-state index in [2.05, 4.69) is 20.4 Å². The maximum absolute atomic E-state index is 12.1. The number of imidazole rings is 1. The van der Waals surface area contributed by atoms with Crippen molar-refractivity contribution < 1.29 is 4.79 Å². The average Bonchev–Trinajstić information content (AvgIpc) is 3.02. The van der Waals surface area contributed by atoms with Crippen LogP contribution in [0, 0.1) is 0 Å². The lowest BCUT2D eigenvalue weighted by molar-refractivity contribution is 0.102. The Kier molecular flexibility index (Phi) is 3.28. The quantitative estimate of drug-likeness (QED) is 0.761. The van der Waals surface area contributed by atoms with Crippen molar-refractivity contribution in [2.24, 2.45) is 7.05 Å². The van der Waals surface area contributed by atoms with Crippen molar-refractivity contribution in [2.45, 2.75) is 19.9 Å². The maximum Gasteiger partial charge on any atom is 0.325 e. The minimum Gasteiger partial charge on any atom is -0.319 e. The molecular formula is C14H16N6O2. The van der Waals surface area contributed by atoms with Crippen molar-refractivity contribution in [1.82, 2.24) is 24.3 Å². The molecule has 3 aromatic heterocycles. The molecule has 0 saturated heterocycles. The van der Waals surface area contributed by atoms with Gasteiger partial charge in [0, 0.05) is 24.7 Å². The summed E-state index contributed by atoms with van der Waals surface area (Å²) in [4.78, 5) is 30.2. The van der Waals surface area contributed by atoms with Crippen molar-refractivity contribution in [1.29, 1.82) is 0 Å². The molecule has 0 aliphatic carbocycles. The van der Waals surface area contributed by atoms with Gasteiger partial charge in [-0.2, -0.15) is 5.10 Å². The molecule has 0 bridgehead atoms. The van der Waals surface area contributed by atoms with E-state index in [9.17, 15) is 9.59 Å². The lowest BCUT2D eigenvalue weighted by Gasteiger charge is -2.07. The van der Waals surface area contributed by atoms with Gasteiger partial charge in [0.25, 0.3) is 5.91 Å². The molecule has 0 spiro atoms. The number of fused-ring (bicyclic) bond motifs is 1. The number of nitrogens with one attached hydrogen (secondary N) is 2. The van der Waals surface area contributed by atoms with Crippen LogP contribution in [-0.4, -0.2) is 30.2 Å². The molecule has 0 aliphatic rings. The summed E-state index contributed by atoms with van der Waals surface area (Å²) in [7, 11) is 1.57. The minimum atomic E-state index is -0.393. The number of nitrogens with zero attached hydrogens (tertiary/aromatic N) is 4. The zero-order valence-electron chi connectivity index (χ0n) is 12.5. The lowest BCUT2D eigenvalue weighted by Crippen LogP contribution is -2.15. The van der Waals surface area contributed by atoms with Crippen molar-refractivity contribution >= 4 is 22.6 Å². The molecule has 2 N–H and O–H groups in total. The highest BCUT2D eigenvalue weighted by Crippen LogP contribution is 2.19. The van der Waals surface area contributed by atoms with Crippen LogP contribution in [0.5, 0.6) is 0 Å². The van der Waals surface area contributed by atoms with Crippen LogP contribution < -0.4 is 11.0 Å². The van der Waals surface area contributed by atoms with E-state index in [-0.39, 0.29) is 17.4 Å². The summed E-state index contributed by atoms with van der Waals surface area (Å²) >= 11 is 0. The number of aryl methyl sites for hydroxylation is 1. The van der Waals surface area contributed by atoms with Crippen LogP contribution in [0.2, 0.25) is 0 Å². The van der Waals surface area contributed by atoms with Crippen molar-refractivity contribution in [2.75, 3.05) is 5.32 Å². The first-order chi connectivity index (χ1) is 10.5. The summed E-state index contributed by atoms with van der Waals surface area (Å²) in [5.41, 5.74) is 1.18. The predicted octanol–water partition coefficient (Wildman–Crippen LogP) is 1.29. The number of aromatic amines is 1. The number of hydrogen-bond donors (Lipinski definition) is 2. The number of aromatic nitrogens is 5. The van der Waals surface area contributed by atoms with Gasteiger partial charge >= 0.3 is 5.69 Å². The molecule has 0 saturated carbocycles. The first kappa shape index (κ1) is 14.1. The average molecular weight is 300 g/mol. The SMILES string of the molecule is CC(C)n1ncc2cc(NC(=O)c3cn(C)c(=O)[nH]3)cnc21. The Hall–Kier alpha value is -2.90. The summed E-state index contributed by atoms with van der Waals surface area (Å²) in [6.07, 6.45) is 4.73. The van der Waals surface area contributed by atoms with Gasteiger partial charge in [-0.1, -0.05) is 0 Å². The monoisotopic (exact) mass is 300 g/mol. The fourth-order valence-corrected chi connectivity index (χ4v) is 2.19. The molecule has 0 aromatic carbocycles. The summed E-state index contributed by atoms with van der Waals surface area (Å²) in [5, 5.41) is 7.83. The largest absolute Gasteiger partial charge is 0.325 e. The molecule has 0 radical (unpaired) electrons. The van der Waals surface area contributed by atoms with Crippen molar-refractivity contribution in [3.05, 3.63) is 40.8 Å². The number of rotatable bonds is 3. The Balaban J connectivity index is 1.88. The van der Waals surface area contributed by atoms with Gasteiger partial charge in [0.05, 0.1) is 18.1 Å². The molecule has 22 heavy (non-hydrogen) atoms. The summed E-state index contributed by atoms with van der Waals surface area (Å²) < 4.78 is 3.12. The van der Waals surface area contributed by atoms with Gasteiger partial charge in [-0.05, 0) is 19.9 Å². The van der Waals surface area contributed by atoms with Crippen LogP contribution >= 0.6 is 0 Å². The van der Waals surface area contributed by atoms with Crippen LogP contribution in [-0.2, 0) is 7.05 Å². The number of H-pyrrole nitrogens is 1. The minimum absolute atomic E-state index is 0.200. The highest BCUT2D eigenvalue weighted by molar-refractivity contribution is 6.03. The molecule has 0 fully saturated rings. The molecule has 3 aromatic rings. The molecule has 1 amide bonds. The van der Waals surface area contributed by atoms with E-state index in [1.165, 1.54) is 10.8 Å². The number of amides is 1. The highest BCUT2D eigenvalue weighted by Gasteiger charge is 2.12. The zero-order chi connectivity index (χ0) is 15.9. The Morgan fingerprint density at radius 2 is 2.14 bits per heavy atom. The van der Waals surface area contributed by atoms with E-state index in [4.69, 9.17) is 0 Å². The Labute approximate surface area is 125 Å². The Bertz CT molecular complexity index is 902. The Morgan fingerprint density at radius 1 is 1.36 bits per heavy atom. The molecule has 3 heterocycles. The standard InChI is InChI=1S/C14H16N6O2/c1-8(2)20-12-9(5-16-20)4-10(6-15-12)17-13(21)11-7-19(3)14(22)18-11/h4-8H,1-3H3,(H,17,21)(H,18,22). The molecule has 8 nitrogen and oxygen atoms in total. The summed E-state index contributed by atoms with van der Waals surface area (Å²) in [5.74, 6) is -0.393. The highest BCUT2D eigenvalue weighted by atomic mass is 16.2. The van der Waals surface area contributed by atoms with Crippen LogP contribution in [0.1, 0.15) is 30.4 Å². The van der Waals surface area contributed by atoms with Gasteiger partial charge < -0.3 is 14.9 Å². The first-order valence-electron chi connectivity index (χ1n) is 6.86. The third kappa shape index (κ3) is 2.39. The second-order valence-electron chi connectivity index (χ2n) is 5.36. The van der Waals surface area contributed by atoms with Crippen LogP contribution in [0.4, 0.5) is 5.69 Å². The number of pyridine rings is 1.